The van der Waals surface area contributed by atoms with Gasteiger partial charge < -0.3 is 48.3 Å². The number of nitrogens with two attached hydrogens (primary N) is 3. The Morgan fingerprint density at radius 2 is 1.73 bits per heavy atom. The van der Waals surface area contributed by atoms with Crippen LogP contribution in [0.2, 0.25) is 0 Å². The summed E-state index contributed by atoms with van der Waals surface area (Å²) < 4.78 is 0. The number of hydrogen-bond donors (Lipinski definition) is 9. The Labute approximate surface area is 215 Å². The number of aliphatic imine (C=N–C) groups is 1. The van der Waals surface area contributed by atoms with Gasteiger partial charge in [-0.15, -0.1) is 0 Å². The molecule has 0 saturated carbocycles. The second kappa shape index (κ2) is 15.4. The van der Waals surface area contributed by atoms with E-state index in [0.29, 0.717) is 12.1 Å². The second-order valence-corrected chi connectivity index (χ2v) is 8.83. The average Bonchev–Trinajstić information content (AvgIpc) is 3.35. The van der Waals surface area contributed by atoms with E-state index in [9.17, 15) is 29.4 Å². The van der Waals surface area contributed by atoms with Gasteiger partial charge in [0.15, 0.2) is 5.96 Å². The average molecular weight is 526 g/mol. The zero-order valence-electron chi connectivity index (χ0n) is 21.3. The van der Waals surface area contributed by atoms with E-state index < -0.39 is 54.0 Å². The van der Waals surface area contributed by atoms with Gasteiger partial charge in [-0.2, -0.15) is 0 Å². The van der Waals surface area contributed by atoms with Crippen LogP contribution in [0, 0.1) is 5.92 Å². The fourth-order valence-corrected chi connectivity index (χ4v) is 3.29. The predicted octanol–water partition coefficient (Wildman–Crippen LogP) is -2.70. The number of imidazole rings is 1. The minimum Gasteiger partial charge on any atom is -0.480 e. The zero-order valence-corrected chi connectivity index (χ0v) is 21.3. The molecule has 0 aliphatic carbocycles. The predicted molar refractivity (Wildman–Crippen MR) is 135 cm³/mol. The molecule has 1 heterocycles. The van der Waals surface area contributed by atoms with Crippen molar-refractivity contribution in [3.63, 3.8) is 0 Å². The van der Waals surface area contributed by atoms with Crippen molar-refractivity contribution in [3.8, 4) is 0 Å². The topological polar surface area (TPSA) is 264 Å². The normalized spacial score (nSPS) is 15.8. The van der Waals surface area contributed by atoms with Crippen LogP contribution in [-0.2, 0) is 25.6 Å². The lowest BCUT2D eigenvalue weighted by atomic mass is 9.98. The van der Waals surface area contributed by atoms with Crippen LogP contribution in [-0.4, -0.2) is 86.6 Å². The lowest BCUT2D eigenvalue weighted by molar-refractivity contribution is -0.143. The van der Waals surface area contributed by atoms with Gasteiger partial charge in [0.2, 0.25) is 17.7 Å². The highest BCUT2D eigenvalue weighted by atomic mass is 16.4. The number of nitrogens with zero attached hydrogens (tertiary/aromatic N) is 2. The van der Waals surface area contributed by atoms with E-state index in [1.807, 2.05) is 6.92 Å². The number of hydrogen-bond acceptors (Lipinski definition) is 8. The van der Waals surface area contributed by atoms with Crippen LogP contribution in [0.15, 0.2) is 17.5 Å². The molecule has 1 aromatic heterocycles. The van der Waals surface area contributed by atoms with Gasteiger partial charge in [0.25, 0.3) is 0 Å². The van der Waals surface area contributed by atoms with Crippen molar-refractivity contribution in [2.45, 2.75) is 76.7 Å². The lowest BCUT2D eigenvalue weighted by Crippen LogP contribution is -2.60. The third kappa shape index (κ3) is 10.8. The third-order valence-corrected chi connectivity index (χ3v) is 5.79. The van der Waals surface area contributed by atoms with E-state index in [1.165, 1.54) is 19.4 Å². The lowest BCUT2D eigenvalue weighted by Gasteiger charge is -2.27. The van der Waals surface area contributed by atoms with E-state index in [-0.39, 0.29) is 37.7 Å². The number of rotatable bonds is 16. The number of aliphatic hydroxyl groups excluding tert-OH is 1. The Morgan fingerprint density at radius 3 is 2.24 bits per heavy atom. The van der Waals surface area contributed by atoms with Gasteiger partial charge in [0.05, 0.1) is 18.5 Å². The largest absolute Gasteiger partial charge is 0.480 e. The summed E-state index contributed by atoms with van der Waals surface area (Å²) in [7, 11) is 0. The Morgan fingerprint density at radius 1 is 1.08 bits per heavy atom. The van der Waals surface area contributed by atoms with Crippen LogP contribution in [0.25, 0.3) is 0 Å². The number of aliphatic carboxylic acids is 1. The van der Waals surface area contributed by atoms with Gasteiger partial charge in [0, 0.05) is 24.9 Å². The molecular weight excluding hydrogens is 486 g/mol. The molecule has 0 saturated heterocycles. The van der Waals surface area contributed by atoms with Gasteiger partial charge in [0.1, 0.15) is 18.1 Å². The number of carbonyl (C=O) groups is 4. The molecule has 6 unspecified atom stereocenters. The Balaban J connectivity index is 2.98. The molecule has 0 aromatic carbocycles. The SMILES string of the molecule is CCC(C)C(N)C(=O)NC(Cc1cnc[nH]1)C(=O)NC(C(=O)NC(CCCN=C(N)N)C(=O)O)C(C)O. The molecule has 0 aliphatic rings. The molecule has 1 aromatic rings. The molecular formula is C22H39N9O6. The summed E-state index contributed by atoms with van der Waals surface area (Å²) in [6.07, 6.45) is 2.40. The van der Waals surface area contributed by atoms with Crippen molar-refractivity contribution in [1.29, 1.82) is 0 Å². The number of guanidine groups is 1. The van der Waals surface area contributed by atoms with Crippen LogP contribution < -0.4 is 33.2 Å². The number of carboxylic acids is 1. The van der Waals surface area contributed by atoms with E-state index >= 15 is 0 Å². The Kier molecular flexibility index (Phi) is 13.0. The fraction of sp³-hybridized carbons (Fsp3) is 0.636. The molecule has 12 N–H and O–H groups in total. The number of carboxylic acid groups (broad SMARTS) is 1. The number of nitrogens with one attached hydrogen (secondary N) is 4. The molecule has 208 valence electrons. The van der Waals surface area contributed by atoms with Gasteiger partial charge in [-0.3, -0.25) is 19.4 Å². The number of carbonyl (C=O) groups excluding carboxylic acids is 3. The first-order valence-electron chi connectivity index (χ1n) is 12.0. The molecule has 3 amide bonds. The van der Waals surface area contributed by atoms with E-state index in [1.54, 1.807) is 6.92 Å². The molecule has 15 nitrogen and oxygen atoms in total. The maximum atomic E-state index is 13.1. The van der Waals surface area contributed by atoms with Crippen molar-refractivity contribution in [3.05, 3.63) is 18.2 Å². The van der Waals surface area contributed by atoms with Gasteiger partial charge in [-0.25, -0.2) is 9.78 Å². The molecule has 37 heavy (non-hydrogen) atoms. The maximum absolute atomic E-state index is 13.1. The fourth-order valence-electron chi connectivity index (χ4n) is 3.29. The van der Waals surface area contributed by atoms with Crippen molar-refractivity contribution < 1.29 is 29.4 Å². The monoisotopic (exact) mass is 525 g/mol. The first-order valence-corrected chi connectivity index (χ1v) is 12.0. The van der Waals surface area contributed by atoms with Crippen molar-refractivity contribution in [2.75, 3.05) is 6.54 Å². The van der Waals surface area contributed by atoms with Crippen molar-refractivity contribution >= 4 is 29.7 Å². The standard InChI is InChI=1S/C22H39N9O6/c1-4-11(2)16(23)19(34)30-15(8-13-9-26-10-28-13)18(33)31-17(12(3)32)20(35)29-14(21(36)37)6-5-7-27-22(24)25/h9-12,14-17,32H,4-8,23H2,1-3H3,(H,26,28)(H,29,35)(H,30,34)(H,31,33)(H,36,37)(H4,24,25,27). The van der Waals surface area contributed by atoms with Crippen LogP contribution in [0.1, 0.15) is 45.7 Å². The van der Waals surface area contributed by atoms with E-state index in [0.717, 1.165) is 0 Å². The molecule has 0 bridgehead atoms. The highest BCUT2D eigenvalue weighted by Crippen LogP contribution is 2.08. The molecule has 6 atom stereocenters. The second-order valence-electron chi connectivity index (χ2n) is 8.83. The molecule has 15 heteroatoms. The number of aromatic nitrogens is 2. The Hall–Kier alpha value is -3.72. The smallest absolute Gasteiger partial charge is 0.326 e. The summed E-state index contributed by atoms with van der Waals surface area (Å²) in [5, 5.41) is 26.9. The summed E-state index contributed by atoms with van der Waals surface area (Å²) in [5.74, 6) is -3.85. The van der Waals surface area contributed by atoms with Crippen molar-refractivity contribution in [1.82, 2.24) is 25.9 Å². The van der Waals surface area contributed by atoms with Crippen LogP contribution in [0.4, 0.5) is 0 Å². The van der Waals surface area contributed by atoms with Crippen LogP contribution >= 0.6 is 0 Å². The van der Waals surface area contributed by atoms with Gasteiger partial charge in [-0.1, -0.05) is 20.3 Å². The summed E-state index contributed by atoms with van der Waals surface area (Å²) in [6, 6.07) is -4.84. The van der Waals surface area contributed by atoms with Crippen LogP contribution in [0.3, 0.4) is 0 Å². The maximum Gasteiger partial charge on any atom is 0.326 e. The molecule has 0 spiro atoms. The molecule has 1 rings (SSSR count). The summed E-state index contributed by atoms with van der Waals surface area (Å²) in [5.41, 5.74) is 17.0. The minimum absolute atomic E-state index is 0.00148. The van der Waals surface area contributed by atoms with E-state index in [2.05, 4.69) is 30.9 Å². The van der Waals surface area contributed by atoms with Gasteiger partial charge in [-0.05, 0) is 25.7 Å². The highest BCUT2D eigenvalue weighted by Gasteiger charge is 2.33. The number of aliphatic hydroxyl groups is 1. The summed E-state index contributed by atoms with van der Waals surface area (Å²) >= 11 is 0. The molecule has 0 radical (unpaired) electrons. The highest BCUT2D eigenvalue weighted by molar-refractivity contribution is 5.94. The zero-order chi connectivity index (χ0) is 28.1. The number of H-pyrrole nitrogens is 1. The molecule has 0 fully saturated rings. The number of amides is 3. The summed E-state index contributed by atoms with van der Waals surface area (Å²) in [4.78, 5) is 60.7. The minimum atomic E-state index is -1.50. The summed E-state index contributed by atoms with van der Waals surface area (Å²) in [6.45, 7) is 5.11. The van der Waals surface area contributed by atoms with Gasteiger partial charge >= 0.3 is 5.97 Å². The third-order valence-electron chi connectivity index (χ3n) is 5.79. The Bertz CT molecular complexity index is 918. The quantitative estimate of drug-likeness (QED) is 0.0612. The first-order chi connectivity index (χ1) is 17.4. The number of aromatic amines is 1. The van der Waals surface area contributed by atoms with Crippen LogP contribution in [0.5, 0.6) is 0 Å². The van der Waals surface area contributed by atoms with E-state index in [4.69, 9.17) is 17.2 Å². The molecule has 0 aliphatic heterocycles. The van der Waals surface area contributed by atoms with Crippen molar-refractivity contribution in [2.24, 2.45) is 28.1 Å². The first kappa shape index (κ1) is 31.3.